The van der Waals surface area contributed by atoms with Gasteiger partial charge in [-0.3, -0.25) is 14.7 Å². The van der Waals surface area contributed by atoms with E-state index in [1.807, 2.05) is 24.3 Å². The highest BCUT2D eigenvalue weighted by Crippen LogP contribution is 2.32. The van der Waals surface area contributed by atoms with Crippen LogP contribution in [0, 0.1) is 5.82 Å². The first kappa shape index (κ1) is 23.5. The van der Waals surface area contributed by atoms with Crippen molar-refractivity contribution >= 4 is 5.91 Å². The molecular weight excluding hydrogens is 445 g/mol. The molecule has 3 aromatic rings. The Bertz CT molecular complexity index is 1160. The lowest BCUT2D eigenvalue weighted by Crippen LogP contribution is -2.54. The van der Waals surface area contributed by atoms with Crippen LogP contribution in [0.2, 0.25) is 0 Å². The Morgan fingerprint density at radius 2 is 2.00 bits per heavy atom. The molecule has 0 saturated heterocycles. The summed E-state index contributed by atoms with van der Waals surface area (Å²) in [6, 6.07) is 17.5. The number of aryl methyl sites for hydroxylation is 1. The molecule has 2 heterocycles. The molecule has 35 heavy (non-hydrogen) atoms. The van der Waals surface area contributed by atoms with Crippen LogP contribution in [0.3, 0.4) is 0 Å². The summed E-state index contributed by atoms with van der Waals surface area (Å²) in [6.45, 7) is 1.49. The molecule has 4 atom stereocenters. The summed E-state index contributed by atoms with van der Waals surface area (Å²) < 4.78 is 19.7. The van der Waals surface area contributed by atoms with Gasteiger partial charge in [0.15, 0.2) is 0 Å². The summed E-state index contributed by atoms with van der Waals surface area (Å²) in [5, 5.41) is 14.5. The molecule has 1 fully saturated rings. The molecule has 182 valence electrons. The van der Waals surface area contributed by atoms with Gasteiger partial charge >= 0.3 is 0 Å². The zero-order chi connectivity index (χ0) is 24.2. The van der Waals surface area contributed by atoms with Gasteiger partial charge in [0.2, 0.25) is 5.91 Å². The van der Waals surface area contributed by atoms with Gasteiger partial charge in [-0.15, -0.1) is 0 Å². The molecule has 0 unspecified atom stereocenters. The number of rotatable bonds is 7. The lowest BCUT2D eigenvalue weighted by Gasteiger charge is -2.38. The van der Waals surface area contributed by atoms with Gasteiger partial charge in [-0.05, 0) is 47.7 Å². The second kappa shape index (κ2) is 10.5. The summed E-state index contributed by atoms with van der Waals surface area (Å²) in [6.07, 6.45) is 4.36. The maximum Gasteiger partial charge on any atom is 0.220 e. The summed E-state index contributed by atoms with van der Waals surface area (Å²) in [5.74, 6) is -0.0837. The second-order valence-corrected chi connectivity index (χ2v) is 9.36. The third-order valence-electron chi connectivity index (χ3n) is 7.00. The van der Waals surface area contributed by atoms with Crippen molar-refractivity contribution in [2.45, 2.75) is 56.5 Å². The van der Waals surface area contributed by atoms with Crippen LogP contribution in [0.4, 0.5) is 4.39 Å². The number of amides is 1. The highest BCUT2D eigenvalue weighted by atomic mass is 19.1. The first-order chi connectivity index (χ1) is 17.1. The number of carbonyl (C=O) groups excluding carboxylic acids is 1. The minimum atomic E-state index is -0.827. The number of hydrogen-bond acceptors (Lipinski definition) is 5. The van der Waals surface area contributed by atoms with Gasteiger partial charge in [0.1, 0.15) is 23.8 Å². The molecule has 1 aromatic heterocycles. The molecule has 2 aromatic carbocycles. The van der Waals surface area contributed by atoms with Crippen LogP contribution >= 0.6 is 0 Å². The van der Waals surface area contributed by atoms with E-state index >= 15 is 0 Å². The Balaban J connectivity index is 1.31. The Morgan fingerprint density at radius 3 is 2.80 bits per heavy atom. The standard InChI is InChI=1S/C28H30FN3O3/c29-22-8-3-9-23(15-22)35-25-16-24(31-26(33)11-10-19-5-4-13-30-17-19)27(28(25)34)32-14-12-20-6-1-2-7-21(20)18-32/h1-9,13,15,17,24-25,27-28,34H,10-12,14,16,18H2,(H,31,33)/t24-,25-,27+,28+/m1/s1. The van der Waals surface area contributed by atoms with Crippen LogP contribution < -0.4 is 10.1 Å². The van der Waals surface area contributed by atoms with Crippen LogP contribution in [0.25, 0.3) is 0 Å². The van der Waals surface area contributed by atoms with Crippen molar-refractivity contribution < 1.29 is 19.0 Å². The van der Waals surface area contributed by atoms with Crippen LogP contribution in [-0.4, -0.2) is 51.7 Å². The summed E-state index contributed by atoms with van der Waals surface area (Å²) in [4.78, 5) is 19.2. The third kappa shape index (κ3) is 5.52. The molecule has 7 heteroatoms. The van der Waals surface area contributed by atoms with Gasteiger partial charge < -0.3 is 15.2 Å². The minimum absolute atomic E-state index is 0.0696. The predicted molar refractivity (Wildman–Crippen MR) is 130 cm³/mol. The predicted octanol–water partition coefficient (Wildman–Crippen LogP) is 3.28. The number of ether oxygens (including phenoxy) is 1. The van der Waals surface area contributed by atoms with Crippen molar-refractivity contribution in [2.24, 2.45) is 0 Å². The van der Waals surface area contributed by atoms with Gasteiger partial charge in [-0.25, -0.2) is 4.39 Å². The average molecular weight is 476 g/mol. The van der Waals surface area contributed by atoms with Gasteiger partial charge in [-0.2, -0.15) is 0 Å². The van der Waals surface area contributed by atoms with Crippen molar-refractivity contribution in [1.82, 2.24) is 15.2 Å². The third-order valence-corrected chi connectivity index (χ3v) is 7.00. The van der Waals surface area contributed by atoms with E-state index in [0.29, 0.717) is 31.6 Å². The van der Waals surface area contributed by atoms with Crippen molar-refractivity contribution in [3.8, 4) is 5.75 Å². The number of aromatic nitrogens is 1. The zero-order valence-electron chi connectivity index (χ0n) is 19.5. The SMILES string of the molecule is O=C(CCc1cccnc1)N[C@@H]1C[C@@H](Oc2cccc(F)c2)[C@H](O)[C@H]1N1CCc2ccccc2C1. The van der Waals surface area contributed by atoms with E-state index in [1.54, 1.807) is 24.5 Å². The van der Waals surface area contributed by atoms with E-state index in [9.17, 15) is 14.3 Å². The van der Waals surface area contributed by atoms with Gasteiger partial charge in [0, 0.05) is 44.4 Å². The monoisotopic (exact) mass is 475 g/mol. The summed E-state index contributed by atoms with van der Waals surface area (Å²) >= 11 is 0. The molecule has 5 rings (SSSR count). The number of nitrogens with one attached hydrogen (secondary N) is 1. The maximum atomic E-state index is 13.7. The molecule has 2 aliphatic rings. The highest BCUT2D eigenvalue weighted by Gasteiger charge is 2.47. The quantitative estimate of drug-likeness (QED) is 0.549. The summed E-state index contributed by atoms with van der Waals surface area (Å²) in [7, 11) is 0. The molecule has 1 aliphatic carbocycles. The molecule has 1 amide bonds. The van der Waals surface area contributed by atoms with Crippen molar-refractivity contribution in [2.75, 3.05) is 6.54 Å². The Morgan fingerprint density at radius 1 is 1.14 bits per heavy atom. The molecule has 1 saturated carbocycles. The molecule has 0 radical (unpaired) electrons. The lowest BCUT2D eigenvalue weighted by molar-refractivity contribution is -0.122. The average Bonchev–Trinajstić information content (AvgIpc) is 3.17. The van der Waals surface area contributed by atoms with E-state index in [2.05, 4.69) is 27.3 Å². The summed E-state index contributed by atoms with van der Waals surface area (Å²) in [5.41, 5.74) is 3.56. The van der Waals surface area contributed by atoms with Crippen molar-refractivity contribution in [3.05, 3.63) is 95.6 Å². The van der Waals surface area contributed by atoms with E-state index < -0.39 is 12.2 Å². The van der Waals surface area contributed by atoms with E-state index in [0.717, 1.165) is 18.5 Å². The fraction of sp³-hybridized carbons (Fsp3) is 0.357. The van der Waals surface area contributed by atoms with Crippen molar-refractivity contribution in [1.29, 1.82) is 0 Å². The zero-order valence-corrected chi connectivity index (χ0v) is 19.5. The number of pyridine rings is 1. The number of benzene rings is 2. The first-order valence-electron chi connectivity index (χ1n) is 12.2. The highest BCUT2D eigenvalue weighted by molar-refractivity contribution is 5.76. The van der Waals surface area contributed by atoms with Crippen LogP contribution in [0.15, 0.2) is 73.1 Å². The van der Waals surface area contributed by atoms with E-state index in [4.69, 9.17) is 4.74 Å². The molecule has 2 N–H and O–H groups in total. The normalized spacial score (nSPS) is 24.1. The van der Waals surface area contributed by atoms with E-state index in [1.165, 1.54) is 23.3 Å². The van der Waals surface area contributed by atoms with Crippen LogP contribution in [0.1, 0.15) is 29.5 Å². The Labute approximate surface area is 204 Å². The van der Waals surface area contributed by atoms with Crippen LogP contribution in [-0.2, 0) is 24.2 Å². The molecule has 1 aliphatic heterocycles. The van der Waals surface area contributed by atoms with Crippen LogP contribution in [0.5, 0.6) is 5.75 Å². The number of fused-ring (bicyclic) bond motifs is 1. The Kier molecular flexibility index (Phi) is 7.06. The molecular formula is C28H30FN3O3. The number of aliphatic hydroxyl groups is 1. The largest absolute Gasteiger partial charge is 0.487 e. The maximum absolute atomic E-state index is 13.7. The fourth-order valence-electron chi connectivity index (χ4n) is 5.29. The van der Waals surface area contributed by atoms with Crippen molar-refractivity contribution in [3.63, 3.8) is 0 Å². The van der Waals surface area contributed by atoms with Gasteiger partial charge in [-0.1, -0.05) is 36.4 Å². The number of carbonyl (C=O) groups is 1. The molecule has 0 spiro atoms. The van der Waals surface area contributed by atoms with Gasteiger partial charge in [0.05, 0.1) is 12.1 Å². The lowest BCUT2D eigenvalue weighted by atomic mass is 9.97. The number of hydrogen-bond donors (Lipinski definition) is 2. The number of nitrogens with zero attached hydrogens (tertiary/aromatic N) is 2. The minimum Gasteiger partial charge on any atom is -0.487 e. The Hall–Kier alpha value is -3.29. The second-order valence-electron chi connectivity index (χ2n) is 9.36. The number of aliphatic hydroxyl groups excluding tert-OH is 1. The van der Waals surface area contributed by atoms with E-state index in [-0.39, 0.29) is 23.8 Å². The smallest absolute Gasteiger partial charge is 0.220 e. The first-order valence-corrected chi connectivity index (χ1v) is 12.2. The van der Waals surface area contributed by atoms with Gasteiger partial charge in [0.25, 0.3) is 0 Å². The number of halogens is 1. The molecule has 0 bridgehead atoms. The molecule has 6 nitrogen and oxygen atoms in total. The fourth-order valence-corrected chi connectivity index (χ4v) is 5.29. The topological polar surface area (TPSA) is 74.7 Å².